The van der Waals surface area contributed by atoms with Gasteiger partial charge >= 0.3 is 6.18 Å². The van der Waals surface area contributed by atoms with Gasteiger partial charge in [-0.3, -0.25) is 4.79 Å². The number of alkyl halides is 3. The summed E-state index contributed by atoms with van der Waals surface area (Å²) in [6.07, 6.45) is -3.19. The molecule has 1 amide bonds. The van der Waals surface area contributed by atoms with E-state index < -0.39 is 17.6 Å². The number of carbonyl (C=O) groups excluding carboxylic acids is 1. The molecule has 0 saturated heterocycles. The van der Waals surface area contributed by atoms with Gasteiger partial charge in [-0.05, 0) is 58.7 Å². The Morgan fingerprint density at radius 3 is 2.55 bits per heavy atom. The molecule has 33 heavy (non-hydrogen) atoms. The zero-order chi connectivity index (χ0) is 24.0. The van der Waals surface area contributed by atoms with Crippen LogP contribution in [0.5, 0.6) is 11.5 Å². The van der Waals surface area contributed by atoms with E-state index in [0.29, 0.717) is 28.1 Å². The number of hydrogen-bond acceptors (Lipinski definition) is 4. The predicted molar refractivity (Wildman–Crippen MR) is 123 cm³/mol. The molecule has 9 heteroatoms. The molecule has 0 unspecified atom stereocenters. The van der Waals surface area contributed by atoms with Crippen molar-refractivity contribution in [1.29, 1.82) is 0 Å². The fraction of sp³-hybridized carbons (Fsp3) is 0.167. The van der Waals surface area contributed by atoms with Gasteiger partial charge in [-0.1, -0.05) is 35.9 Å². The van der Waals surface area contributed by atoms with Crippen LogP contribution in [0.15, 0.2) is 70.2 Å². The second-order valence-electron chi connectivity index (χ2n) is 7.08. The third-order valence-electron chi connectivity index (χ3n) is 4.58. The van der Waals surface area contributed by atoms with Crippen LogP contribution in [0.1, 0.15) is 32.6 Å². The van der Waals surface area contributed by atoms with E-state index in [2.05, 4.69) is 26.5 Å². The summed E-state index contributed by atoms with van der Waals surface area (Å²) in [6.45, 7) is 2.35. The largest absolute Gasteiger partial charge is 0.493 e. The Labute approximate surface area is 197 Å². The zero-order valence-electron chi connectivity index (χ0n) is 17.7. The molecule has 0 atom stereocenters. The third kappa shape index (κ3) is 6.58. The molecule has 5 nitrogen and oxygen atoms in total. The van der Waals surface area contributed by atoms with Crippen molar-refractivity contribution in [3.63, 3.8) is 0 Å². The lowest BCUT2D eigenvalue weighted by atomic mass is 10.1. The average Bonchev–Trinajstić information content (AvgIpc) is 2.78. The van der Waals surface area contributed by atoms with Crippen LogP contribution >= 0.6 is 15.9 Å². The summed E-state index contributed by atoms with van der Waals surface area (Å²) in [5, 5.41) is 3.85. The number of nitrogens with one attached hydrogen (secondary N) is 1. The number of methoxy groups -OCH3 is 1. The lowest BCUT2D eigenvalue weighted by Crippen LogP contribution is -2.18. The highest BCUT2D eigenvalue weighted by molar-refractivity contribution is 9.10. The van der Waals surface area contributed by atoms with E-state index in [4.69, 9.17) is 9.47 Å². The number of nitrogens with zero attached hydrogens (tertiary/aromatic N) is 1. The van der Waals surface area contributed by atoms with E-state index in [0.717, 1.165) is 23.3 Å². The topological polar surface area (TPSA) is 59.9 Å². The zero-order valence-corrected chi connectivity index (χ0v) is 19.3. The molecule has 3 aromatic rings. The van der Waals surface area contributed by atoms with Crippen LogP contribution in [-0.2, 0) is 12.8 Å². The molecule has 1 N–H and O–H groups in total. The number of ether oxygens (including phenoxy) is 2. The second kappa shape index (κ2) is 10.5. The Balaban J connectivity index is 1.70. The maximum absolute atomic E-state index is 12.8. The fourth-order valence-corrected chi connectivity index (χ4v) is 3.37. The van der Waals surface area contributed by atoms with Gasteiger partial charge < -0.3 is 9.47 Å². The standard InChI is InChI=1S/C24H20BrF3N2O3/c1-15-5-3-6-16(9-15)14-33-22-12-20(25)18(11-21(22)32-2)13-29-30-23(31)17-7-4-8-19(10-17)24(26,27)28/h3-13H,14H2,1-2H3,(H,30,31)/b29-13-. The summed E-state index contributed by atoms with van der Waals surface area (Å²) in [5.41, 5.74) is 3.87. The SMILES string of the molecule is COc1cc(/C=N\NC(=O)c2cccc(C(F)(F)F)c2)c(Br)cc1OCc1cccc(C)c1. The van der Waals surface area contributed by atoms with E-state index in [1.165, 1.54) is 25.5 Å². The Hall–Kier alpha value is -3.33. The fourth-order valence-electron chi connectivity index (χ4n) is 2.95. The van der Waals surface area contributed by atoms with Gasteiger partial charge in [-0.25, -0.2) is 5.43 Å². The molecule has 0 aromatic heterocycles. The first kappa shape index (κ1) is 24.3. The molecule has 3 aromatic carbocycles. The second-order valence-corrected chi connectivity index (χ2v) is 7.93. The van der Waals surface area contributed by atoms with Crippen LogP contribution in [-0.4, -0.2) is 19.2 Å². The van der Waals surface area contributed by atoms with Crippen molar-refractivity contribution in [3.8, 4) is 11.5 Å². The first-order valence-electron chi connectivity index (χ1n) is 9.74. The number of benzene rings is 3. The molecule has 0 bridgehead atoms. The van der Waals surface area contributed by atoms with Crippen LogP contribution in [0.3, 0.4) is 0 Å². The van der Waals surface area contributed by atoms with E-state index >= 15 is 0 Å². The summed E-state index contributed by atoms with van der Waals surface area (Å²) in [6, 6.07) is 15.4. The van der Waals surface area contributed by atoms with Crippen molar-refractivity contribution in [1.82, 2.24) is 5.43 Å². The van der Waals surface area contributed by atoms with Gasteiger partial charge in [0.1, 0.15) is 6.61 Å². The molecule has 0 heterocycles. The number of halogens is 4. The average molecular weight is 521 g/mol. The van der Waals surface area contributed by atoms with Crippen LogP contribution < -0.4 is 14.9 Å². The van der Waals surface area contributed by atoms with Gasteiger partial charge in [-0.2, -0.15) is 18.3 Å². The predicted octanol–water partition coefficient (Wildman–Crippen LogP) is 6.13. The van der Waals surface area contributed by atoms with Crippen LogP contribution in [0, 0.1) is 6.92 Å². The maximum atomic E-state index is 12.8. The molecule has 0 spiro atoms. The van der Waals surface area contributed by atoms with Gasteiger partial charge in [0.15, 0.2) is 11.5 Å². The number of hydrogen-bond donors (Lipinski definition) is 1. The molecule has 0 aliphatic heterocycles. The minimum atomic E-state index is -4.54. The Morgan fingerprint density at radius 1 is 1.09 bits per heavy atom. The maximum Gasteiger partial charge on any atom is 0.416 e. The Kier molecular flexibility index (Phi) is 7.75. The highest BCUT2D eigenvalue weighted by Crippen LogP contribution is 2.33. The lowest BCUT2D eigenvalue weighted by molar-refractivity contribution is -0.137. The molecule has 0 radical (unpaired) electrons. The number of hydrazone groups is 1. The molecular formula is C24H20BrF3N2O3. The van der Waals surface area contributed by atoms with Gasteiger partial charge in [0.2, 0.25) is 0 Å². The van der Waals surface area contributed by atoms with Crippen molar-refractivity contribution in [2.75, 3.05) is 7.11 Å². The van der Waals surface area contributed by atoms with Gasteiger partial charge in [0, 0.05) is 15.6 Å². The highest BCUT2D eigenvalue weighted by atomic mass is 79.9. The number of aryl methyl sites for hydroxylation is 1. The first-order chi connectivity index (χ1) is 15.7. The monoisotopic (exact) mass is 520 g/mol. The Morgan fingerprint density at radius 2 is 1.85 bits per heavy atom. The summed E-state index contributed by atoms with van der Waals surface area (Å²) < 4.78 is 50.4. The minimum absolute atomic E-state index is 0.154. The summed E-state index contributed by atoms with van der Waals surface area (Å²) in [4.78, 5) is 12.2. The number of amides is 1. The molecule has 0 fully saturated rings. The van der Waals surface area contributed by atoms with E-state index in [9.17, 15) is 18.0 Å². The number of carbonyl (C=O) groups is 1. The molecule has 0 aliphatic rings. The van der Waals surface area contributed by atoms with E-state index in [1.54, 1.807) is 12.1 Å². The van der Waals surface area contributed by atoms with E-state index in [-0.39, 0.29) is 5.56 Å². The van der Waals surface area contributed by atoms with Crippen molar-refractivity contribution in [2.24, 2.45) is 5.10 Å². The van der Waals surface area contributed by atoms with Crippen LogP contribution in [0.4, 0.5) is 13.2 Å². The molecular weight excluding hydrogens is 501 g/mol. The summed E-state index contributed by atoms with van der Waals surface area (Å²) in [7, 11) is 1.50. The lowest BCUT2D eigenvalue weighted by Gasteiger charge is -2.13. The van der Waals surface area contributed by atoms with Crippen molar-refractivity contribution in [3.05, 3.63) is 93.0 Å². The summed E-state index contributed by atoms with van der Waals surface area (Å²) in [5.74, 6) is 0.200. The van der Waals surface area contributed by atoms with Crippen molar-refractivity contribution in [2.45, 2.75) is 19.7 Å². The van der Waals surface area contributed by atoms with Gasteiger partial charge in [-0.15, -0.1) is 0 Å². The van der Waals surface area contributed by atoms with Crippen LogP contribution in [0.2, 0.25) is 0 Å². The van der Waals surface area contributed by atoms with Crippen molar-refractivity contribution < 1.29 is 27.4 Å². The first-order valence-corrected chi connectivity index (χ1v) is 10.5. The number of rotatable bonds is 7. The molecule has 0 saturated carbocycles. The van der Waals surface area contributed by atoms with Crippen molar-refractivity contribution >= 4 is 28.1 Å². The van der Waals surface area contributed by atoms with Gasteiger partial charge in [0.05, 0.1) is 18.9 Å². The van der Waals surface area contributed by atoms with Crippen LogP contribution in [0.25, 0.3) is 0 Å². The van der Waals surface area contributed by atoms with E-state index in [1.807, 2.05) is 31.2 Å². The quantitative estimate of drug-likeness (QED) is 0.301. The molecule has 3 rings (SSSR count). The molecule has 0 aliphatic carbocycles. The molecule has 172 valence electrons. The minimum Gasteiger partial charge on any atom is -0.493 e. The summed E-state index contributed by atoms with van der Waals surface area (Å²) >= 11 is 3.43. The van der Waals surface area contributed by atoms with Gasteiger partial charge in [0.25, 0.3) is 5.91 Å². The Bertz CT molecular complexity index is 1180. The normalized spacial score (nSPS) is 11.5. The third-order valence-corrected chi connectivity index (χ3v) is 5.27. The smallest absolute Gasteiger partial charge is 0.416 e. The highest BCUT2D eigenvalue weighted by Gasteiger charge is 2.30.